The first-order valence-electron chi connectivity index (χ1n) is 4.83. The second kappa shape index (κ2) is 4.96. The minimum absolute atomic E-state index is 0.0370. The van der Waals surface area contributed by atoms with Crippen molar-refractivity contribution in [1.82, 2.24) is 4.98 Å². The zero-order chi connectivity index (χ0) is 10.6. The normalized spacial score (nSPS) is 10.6. The van der Waals surface area contributed by atoms with E-state index in [0.29, 0.717) is 18.2 Å². The van der Waals surface area contributed by atoms with Crippen LogP contribution < -0.4 is 4.74 Å². The number of pyridine rings is 1. The Kier molecular flexibility index (Phi) is 3.89. The van der Waals surface area contributed by atoms with Crippen molar-refractivity contribution < 1.29 is 9.84 Å². The molecule has 0 spiro atoms. The maximum Gasteiger partial charge on any atom is 0.125 e. The van der Waals surface area contributed by atoms with Gasteiger partial charge in [0.15, 0.2) is 0 Å². The van der Waals surface area contributed by atoms with Gasteiger partial charge in [0.1, 0.15) is 5.75 Å². The highest BCUT2D eigenvalue weighted by Crippen LogP contribution is 2.19. The van der Waals surface area contributed by atoms with Gasteiger partial charge in [0, 0.05) is 11.8 Å². The van der Waals surface area contributed by atoms with Crippen LogP contribution in [0.5, 0.6) is 5.75 Å². The average molecular weight is 195 g/mol. The molecule has 1 N–H and O–H groups in total. The fraction of sp³-hybridized carbons (Fsp3) is 0.545. The van der Waals surface area contributed by atoms with Crippen molar-refractivity contribution in [2.24, 2.45) is 5.92 Å². The van der Waals surface area contributed by atoms with Crippen molar-refractivity contribution in [2.75, 3.05) is 6.61 Å². The van der Waals surface area contributed by atoms with E-state index < -0.39 is 0 Å². The Bertz CT molecular complexity index is 297. The first-order chi connectivity index (χ1) is 6.65. The molecular formula is C11H17NO2. The molecule has 0 aliphatic carbocycles. The van der Waals surface area contributed by atoms with Crippen LogP contribution in [0.1, 0.15) is 25.1 Å². The van der Waals surface area contributed by atoms with Gasteiger partial charge in [0.05, 0.1) is 18.9 Å². The Hall–Kier alpha value is -1.09. The Labute approximate surface area is 84.7 Å². The van der Waals surface area contributed by atoms with Gasteiger partial charge in [-0.25, -0.2) is 0 Å². The Morgan fingerprint density at radius 1 is 1.50 bits per heavy atom. The van der Waals surface area contributed by atoms with Gasteiger partial charge < -0.3 is 9.84 Å². The highest BCUT2D eigenvalue weighted by atomic mass is 16.5. The summed E-state index contributed by atoms with van der Waals surface area (Å²) in [6, 6.07) is 1.83. The number of ether oxygens (including phenoxy) is 1. The molecule has 3 nitrogen and oxygen atoms in total. The van der Waals surface area contributed by atoms with E-state index in [1.165, 1.54) is 0 Å². The molecule has 0 aliphatic heterocycles. The van der Waals surface area contributed by atoms with Gasteiger partial charge in [-0.05, 0) is 18.9 Å². The summed E-state index contributed by atoms with van der Waals surface area (Å²) in [4.78, 5) is 4.05. The summed E-state index contributed by atoms with van der Waals surface area (Å²) in [5.74, 6) is 1.32. The molecule has 3 heteroatoms. The van der Waals surface area contributed by atoms with Crippen LogP contribution >= 0.6 is 0 Å². The number of hydrogen-bond acceptors (Lipinski definition) is 3. The zero-order valence-electron chi connectivity index (χ0n) is 8.95. The molecule has 1 aromatic heterocycles. The van der Waals surface area contributed by atoms with E-state index in [4.69, 9.17) is 9.84 Å². The molecule has 0 radical (unpaired) electrons. The SMILES string of the molecule is Cc1c(OCC(C)C)ccnc1CO. The summed E-state index contributed by atoms with van der Waals surface area (Å²) in [5, 5.41) is 9.00. The lowest BCUT2D eigenvalue weighted by Crippen LogP contribution is -2.06. The predicted molar refractivity (Wildman–Crippen MR) is 55.2 cm³/mol. The second-order valence-electron chi connectivity index (χ2n) is 3.74. The third kappa shape index (κ3) is 2.70. The summed E-state index contributed by atoms with van der Waals surface area (Å²) >= 11 is 0. The topological polar surface area (TPSA) is 42.4 Å². The highest BCUT2D eigenvalue weighted by Gasteiger charge is 2.05. The molecule has 1 heterocycles. The van der Waals surface area contributed by atoms with Gasteiger partial charge in [-0.15, -0.1) is 0 Å². The van der Waals surface area contributed by atoms with Crippen LogP contribution in [-0.4, -0.2) is 16.7 Å². The van der Waals surface area contributed by atoms with E-state index in [9.17, 15) is 0 Å². The van der Waals surface area contributed by atoms with Gasteiger partial charge >= 0.3 is 0 Å². The quantitative estimate of drug-likeness (QED) is 0.798. The van der Waals surface area contributed by atoms with Crippen LogP contribution in [0.25, 0.3) is 0 Å². The molecule has 0 saturated heterocycles. The van der Waals surface area contributed by atoms with E-state index in [1.807, 2.05) is 13.0 Å². The molecule has 0 amide bonds. The summed E-state index contributed by atoms with van der Waals surface area (Å²) in [6.45, 7) is 6.77. The Morgan fingerprint density at radius 3 is 2.79 bits per heavy atom. The van der Waals surface area contributed by atoms with E-state index >= 15 is 0 Å². The van der Waals surface area contributed by atoms with Crippen LogP contribution in [0, 0.1) is 12.8 Å². The molecular weight excluding hydrogens is 178 g/mol. The van der Waals surface area contributed by atoms with Crippen molar-refractivity contribution in [1.29, 1.82) is 0 Å². The molecule has 0 fully saturated rings. The summed E-state index contributed by atoms with van der Waals surface area (Å²) in [7, 11) is 0. The molecule has 0 unspecified atom stereocenters. The third-order valence-electron chi connectivity index (χ3n) is 1.98. The minimum Gasteiger partial charge on any atom is -0.493 e. The molecule has 0 aromatic carbocycles. The lowest BCUT2D eigenvalue weighted by atomic mass is 10.2. The Balaban J connectivity index is 2.76. The van der Waals surface area contributed by atoms with Gasteiger partial charge in [-0.3, -0.25) is 4.98 Å². The molecule has 0 aliphatic rings. The van der Waals surface area contributed by atoms with E-state index in [2.05, 4.69) is 18.8 Å². The molecule has 0 atom stereocenters. The lowest BCUT2D eigenvalue weighted by Gasteiger charge is -2.12. The highest BCUT2D eigenvalue weighted by molar-refractivity contribution is 5.34. The second-order valence-corrected chi connectivity index (χ2v) is 3.74. The number of aliphatic hydroxyl groups excluding tert-OH is 1. The van der Waals surface area contributed by atoms with Gasteiger partial charge in [0.25, 0.3) is 0 Å². The monoisotopic (exact) mass is 195 g/mol. The largest absolute Gasteiger partial charge is 0.493 e. The average Bonchev–Trinajstić information content (AvgIpc) is 2.16. The number of aliphatic hydroxyl groups is 1. The van der Waals surface area contributed by atoms with E-state index in [-0.39, 0.29) is 6.61 Å². The van der Waals surface area contributed by atoms with Gasteiger partial charge in [-0.1, -0.05) is 13.8 Å². The van der Waals surface area contributed by atoms with Crippen molar-refractivity contribution >= 4 is 0 Å². The number of rotatable bonds is 4. The van der Waals surface area contributed by atoms with Crippen molar-refractivity contribution in [3.63, 3.8) is 0 Å². The molecule has 1 rings (SSSR count). The van der Waals surface area contributed by atoms with Crippen molar-refractivity contribution in [2.45, 2.75) is 27.4 Å². The fourth-order valence-corrected chi connectivity index (χ4v) is 1.13. The summed E-state index contributed by atoms with van der Waals surface area (Å²) in [5.41, 5.74) is 1.61. The minimum atomic E-state index is -0.0370. The smallest absolute Gasteiger partial charge is 0.125 e. The number of aromatic nitrogens is 1. The van der Waals surface area contributed by atoms with Crippen molar-refractivity contribution in [3.8, 4) is 5.75 Å². The molecule has 14 heavy (non-hydrogen) atoms. The van der Waals surface area contributed by atoms with Crippen LogP contribution in [0.2, 0.25) is 0 Å². The summed E-state index contributed by atoms with van der Waals surface area (Å²) < 4.78 is 5.59. The Morgan fingerprint density at radius 2 is 2.21 bits per heavy atom. The maximum absolute atomic E-state index is 9.00. The van der Waals surface area contributed by atoms with Gasteiger partial charge in [0.2, 0.25) is 0 Å². The predicted octanol–water partition coefficient (Wildman–Crippen LogP) is 1.92. The molecule has 0 bridgehead atoms. The number of hydrogen-bond donors (Lipinski definition) is 1. The third-order valence-corrected chi connectivity index (χ3v) is 1.98. The van der Waals surface area contributed by atoms with E-state index in [0.717, 1.165) is 11.3 Å². The van der Waals surface area contributed by atoms with Crippen LogP contribution in [0.4, 0.5) is 0 Å². The standard InChI is InChI=1S/C11H17NO2/c1-8(2)7-14-11-4-5-12-10(6-13)9(11)3/h4-5,8,13H,6-7H2,1-3H3. The zero-order valence-corrected chi connectivity index (χ0v) is 8.95. The molecule has 78 valence electrons. The maximum atomic E-state index is 9.00. The lowest BCUT2D eigenvalue weighted by molar-refractivity contribution is 0.260. The first-order valence-corrected chi connectivity index (χ1v) is 4.83. The summed E-state index contributed by atoms with van der Waals surface area (Å²) in [6.07, 6.45) is 1.66. The van der Waals surface area contributed by atoms with Crippen LogP contribution in [0.15, 0.2) is 12.3 Å². The van der Waals surface area contributed by atoms with Crippen LogP contribution in [-0.2, 0) is 6.61 Å². The number of nitrogens with zero attached hydrogens (tertiary/aromatic N) is 1. The first kappa shape index (κ1) is 11.0. The van der Waals surface area contributed by atoms with Crippen molar-refractivity contribution in [3.05, 3.63) is 23.5 Å². The van der Waals surface area contributed by atoms with Gasteiger partial charge in [-0.2, -0.15) is 0 Å². The van der Waals surface area contributed by atoms with Crippen LogP contribution in [0.3, 0.4) is 0 Å². The fourth-order valence-electron chi connectivity index (χ4n) is 1.13. The molecule has 1 aromatic rings. The van der Waals surface area contributed by atoms with E-state index in [1.54, 1.807) is 6.20 Å². The molecule has 0 saturated carbocycles.